The van der Waals surface area contributed by atoms with Gasteiger partial charge in [0.1, 0.15) is 0 Å². The number of hydrogen-bond donors (Lipinski definition) is 0. The Morgan fingerprint density at radius 3 is 1.90 bits per heavy atom. The van der Waals surface area contributed by atoms with E-state index in [0.29, 0.717) is 18.0 Å². The van der Waals surface area contributed by atoms with Crippen LogP contribution in [0.15, 0.2) is 114 Å². The first-order valence-corrected chi connectivity index (χ1v) is 14.8. The van der Waals surface area contributed by atoms with Crippen molar-refractivity contribution in [3.63, 3.8) is 0 Å². The molecule has 4 aromatic carbocycles. The summed E-state index contributed by atoms with van der Waals surface area (Å²) in [5.74, 6) is 0. The van der Waals surface area contributed by atoms with Crippen LogP contribution in [0.25, 0.3) is 10.8 Å². The molecule has 5 nitrogen and oxygen atoms in total. The van der Waals surface area contributed by atoms with Crippen molar-refractivity contribution in [2.45, 2.75) is 25.4 Å². The number of rotatable bonds is 9. The number of aromatic nitrogens is 2. The molecule has 6 rings (SSSR count). The van der Waals surface area contributed by atoms with Crippen molar-refractivity contribution in [2.75, 3.05) is 32.7 Å². The van der Waals surface area contributed by atoms with E-state index in [4.69, 9.17) is 16.7 Å². The Labute approximate surface area is 246 Å². The van der Waals surface area contributed by atoms with E-state index in [1.54, 1.807) is 4.68 Å². The Morgan fingerprint density at radius 1 is 0.683 bits per heavy atom. The molecule has 0 radical (unpaired) electrons. The molecule has 0 atom stereocenters. The summed E-state index contributed by atoms with van der Waals surface area (Å²) in [6.07, 6.45) is 1.54. The fraction of sp³-hybridized carbons (Fsp3) is 0.257. The highest BCUT2D eigenvalue weighted by atomic mass is 35.5. The van der Waals surface area contributed by atoms with E-state index >= 15 is 0 Å². The van der Waals surface area contributed by atoms with Crippen molar-refractivity contribution < 1.29 is 0 Å². The number of nitrogens with zero attached hydrogens (tertiary/aromatic N) is 4. The normalized spacial score (nSPS) is 14.6. The maximum absolute atomic E-state index is 13.3. The molecular formula is C35H35ClN4O. The summed E-state index contributed by atoms with van der Waals surface area (Å²) in [5.41, 5.74) is 4.70. The standard InChI is InChI=1S/C35H35ClN4O/c36-30-18-16-27(17-19-30)26-33-31-14-7-8-15-32(31)35(41)40(37-33)21-9-20-38-22-24-39(25-23-38)34(28-10-3-1-4-11-28)29-12-5-2-6-13-29/h1-8,10-19,34H,9,20-26H2. The van der Waals surface area contributed by atoms with Crippen molar-refractivity contribution in [3.8, 4) is 0 Å². The molecule has 0 saturated carbocycles. The van der Waals surface area contributed by atoms with Gasteiger partial charge in [-0.25, -0.2) is 4.68 Å². The smallest absolute Gasteiger partial charge is 0.274 e. The van der Waals surface area contributed by atoms with Crippen LogP contribution in [0.2, 0.25) is 5.02 Å². The Kier molecular flexibility index (Phi) is 8.57. The van der Waals surface area contributed by atoms with Gasteiger partial charge in [0.25, 0.3) is 5.56 Å². The number of halogens is 1. The van der Waals surface area contributed by atoms with Crippen LogP contribution in [0.3, 0.4) is 0 Å². The van der Waals surface area contributed by atoms with Crippen molar-refractivity contribution >= 4 is 22.4 Å². The van der Waals surface area contributed by atoms with Gasteiger partial charge in [-0.2, -0.15) is 5.10 Å². The molecule has 0 unspecified atom stereocenters. The second-order valence-corrected chi connectivity index (χ2v) is 11.2. The maximum atomic E-state index is 13.3. The molecule has 0 N–H and O–H groups in total. The predicted octanol–water partition coefficient (Wildman–Crippen LogP) is 6.44. The minimum absolute atomic E-state index is 0.0150. The van der Waals surface area contributed by atoms with E-state index in [2.05, 4.69) is 70.5 Å². The highest BCUT2D eigenvalue weighted by Crippen LogP contribution is 2.29. The van der Waals surface area contributed by atoms with E-state index < -0.39 is 0 Å². The average Bonchev–Trinajstić information content (AvgIpc) is 3.02. The molecule has 0 aliphatic carbocycles. The Hall–Kier alpha value is -3.77. The van der Waals surface area contributed by atoms with Crippen molar-refractivity contribution in [2.24, 2.45) is 0 Å². The van der Waals surface area contributed by atoms with E-state index in [-0.39, 0.29) is 11.6 Å². The second-order valence-electron chi connectivity index (χ2n) is 10.8. The SMILES string of the molecule is O=c1c2ccccc2c(Cc2ccc(Cl)cc2)nn1CCCN1CCN(C(c2ccccc2)c2ccccc2)CC1. The first-order valence-electron chi connectivity index (χ1n) is 14.5. The fourth-order valence-corrected chi connectivity index (χ4v) is 6.08. The molecule has 2 heterocycles. The molecule has 41 heavy (non-hydrogen) atoms. The number of benzene rings is 4. The van der Waals surface area contributed by atoms with Crippen LogP contribution in [0.4, 0.5) is 0 Å². The van der Waals surface area contributed by atoms with E-state index in [1.807, 2.05) is 48.5 Å². The summed E-state index contributed by atoms with van der Waals surface area (Å²) < 4.78 is 1.67. The van der Waals surface area contributed by atoms with Crippen LogP contribution in [0.1, 0.15) is 34.8 Å². The summed E-state index contributed by atoms with van der Waals surface area (Å²) in [5, 5.41) is 7.22. The van der Waals surface area contributed by atoms with Crippen LogP contribution >= 0.6 is 11.6 Å². The maximum Gasteiger partial charge on any atom is 0.274 e. The second kappa shape index (κ2) is 12.8. The van der Waals surface area contributed by atoms with Gasteiger partial charge in [0.15, 0.2) is 0 Å². The van der Waals surface area contributed by atoms with Crippen molar-refractivity contribution in [3.05, 3.63) is 147 Å². The van der Waals surface area contributed by atoms with Gasteiger partial charge in [0, 0.05) is 56.1 Å². The molecule has 1 aromatic heterocycles. The van der Waals surface area contributed by atoms with Gasteiger partial charge < -0.3 is 4.90 Å². The van der Waals surface area contributed by atoms with Gasteiger partial charge in [0.05, 0.1) is 17.1 Å². The summed E-state index contributed by atoms with van der Waals surface area (Å²) >= 11 is 6.09. The molecule has 1 saturated heterocycles. The molecule has 208 valence electrons. The van der Waals surface area contributed by atoms with Gasteiger partial charge >= 0.3 is 0 Å². The first kappa shape index (κ1) is 27.4. The lowest BCUT2D eigenvalue weighted by Gasteiger charge is -2.39. The van der Waals surface area contributed by atoms with Gasteiger partial charge in [-0.05, 0) is 41.3 Å². The van der Waals surface area contributed by atoms with Gasteiger partial charge in [-0.3, -0.25) is 9.69 Å². The largest absolute Gasteiger partial charge is 0.301 e. The Bertz CT molecular complexity index is 1590. The van der Waals surface area contributed by atoms with Crippen LogP contribution in [-0.4, -0.2) is 52.3 Å². The third kappa shape index (κ3) is 6.43. The summed E-state index contributed by atoms with van der Waals surface area (Å²) in [7, 11) is 0. The monoisotopic (exact) mass is 562 g/mol. The highest BCUT2D eigenvalue weighted by Gasteiger charge is 2.26. The van der Waals surface area contributed by atoms with Gasteiger partial charge in [0.2, 0.25) is 0 Å². The molecule has 1 aliphatic heterocycles. The van der Waals surface area contributed by atoms with E-state index in [0.717, 1.165) is 61.2 Å². The van der Waals surface area contributed by atoms with E-state index in [1.165, 1.54) is 11.1 Å². The van der Waals surface area contributed by atoms with Crippen molar-refractivity contribution in [1.29, 1.82) is 0 Å². The van der Waals surface area contributed by atoms with Crippen LogP contribution in [0, 0.1) is 0 Å². The van der Waals surface area contributed by atoms with Gasteiger partial charge in [-0.1, -0.05) is 103 Å². The summed E-state index contributed by atoms with van der Waals surface area (Å²) in [4.78, 5) is 18.4. The third-order valence-corrected chi connectivity index (χ3v) is 8.33. The first-order chi connectivity index (χ1) is 20.2. The van der Waals surface area contributed by atoms with Crippen molar-refractivity contribution in [1.82, 2.24) is 19.6 Å². The molecular weight excluding hydrogens is 528 g/mol. The van der Waals surface area contributed by atoms with Crippen LogP contribution < -0.4 is 5.56 Å². The lowest BCUT2D eigenvalue weighted by atomic mass is 9.96. The van der Waals surface area contributed by atoms with Crippen LogP contribution in [0.5, 0.6) is 0 Å². The summed E-state index contributed by atoms with van der Waals surface area (Å²) in [6.45, 7) is 5.59. The molecule has 6 heteroatoms. The fourth-order valence-electron chi connectivity index (χ4n) is 5.96. The molecule has 0 bridgehead atoms. The molecule has 0 amide bonds. The Morgan fingerprint density at radius 2 is 1.27 bits per heavy atom. The minimum Gasteiger partial charge on any atom is -0.301 e. The average molecular weight is 563 g/mol. The topological polar surface area (TPSA) is 41.4 Å². The molecule has 1 fully saturated rings. The lowest BCUT2D eigenvalue weighted by Crippen LogP contribution is -2.48. The van der Waals surface area contributed by atoms with Crippen LogP contribution in [-0.2, 0) is 13.0 Å². The number of aryl methyl sites for hydroxylation is 1. The number of fused-ring (bicyclic) bond motifs is 1. The Balaban J connectivity index is 1.11. The predicted molar refractivity (Wildman–Crippen MR) is 168 cm³/mol. The molecule has 1 aliphatic rings. The zero-order valence-electron chi connectivity index (χ0n) is 23.2. The highest BCUT2D eigenvalue weighted by molar-refractivity contribution is 6.30. The zero-order chi connectivity index (χ0) is 28.0. The minimum atomic E-state index is -0.0150. The van der Waals surface area contributed by atoms with Gasteiger partial charge in [-0.15, -0.1) is 0 Å². The zero-order valence-corrected chi connectivity index (χ0v) is 24.0. The third-order valence-electron chi connectivity index (χ3n) is 8.08. The lowest BCUT2D eigenvalue weighted by molar-refractivity contribution is 0.107. The molecule has 5 aromatic rings. The van der Waals surface area contributed by atoms with E-state index in [9.17, 15) is 4.79 Å². The molecule has 0 spiro atoms. The summed E-state index contributed by atoms with van der Waals surface area (Å²) in [6, 6.07) is 37.5. The number of piperazine rings is 1. The quantitative estimate of drug-likeness (QED) is 0.207. The number of hydrogen-bond acceptors (Lipinski definition) is 4.